The summed E-state index contributed by atoms with van der Waals surface area (Å²) in [5.74, 6) is 1.34. The second kappa shape index (κ2) is 6.11. The standard InChI is InChI=1S/C13H19N3OS/c14-13(18)10-3-6-12(15-7-10)16-11-4-1-9(8-17)2-5-11/h3,6-7,9,11,17H,1-2,4-5,8H2,(H2,14,18)(H,15,16). The zero-order valence-corrected chi connectivity index (χ0v) is 11.1. The van der Waals surface area contributed by atoms with E-state index in [1.54, 1.807) is 6.20 Å². The fourth-order valence-corrected chi connectivity index (χ4v) is 2.44. The molecule has 0 aromatic carbocycles. The number of thiocarbonyl (C=S) groups is 1. The summed E-state index contributed by atoms with van der Waals surface area (Å²) in [6.45, 7) is 0.313. The fraction of sp³-hybridized carbons (Fsp3) is 0.538. The number of hydrogen-bond donors (Lipinski definition) is 3. The monoisotopic (exact) mass is 265 g/mol. The molecule has 0 unspecified atom stereocenters. The van der Waals surface area contributed by atoms with Crippen LogP contribution in [0.1, 0.15) is 31.2 Å². The molecule has 1 aromatic rings. The van der Waals surface area contributed by atoms with Gasteiger partial charge in [0.15, 0.2) is 0 Å². The molecule has 1 heterocycles. The second-order valence-corrected chi connectivity index (χ2v) is 5.28. The average molecular weight is 265 g/mol. The third-order valence-electron chi connectivity index (χ3n) is 3.50. The van der Waals surface area contributed by atoms with Crippen LogP contribution in [-0.4, -0.2) is 27.7 Å². The lowest BCUT2D eigenvalue weighted by Crippen LogP contribution is -2.27. The highest BCUT2D eigenvalue weighted by Gasteiger charge is 2.20. The molecule has 0 aliphatic heterocycles. The smallest absolute Gasteiger partial charge is 0.126 e. The Hall–Kier alpha value is -1.20. The lowest BCUT2D eigenvalue weighted by molar-refractivity contribution is 0.185. The van der Waals surface area contributed by atoms with Crippen molar-refractivity contribution in [3.8, 4) is 0 Å². The zero-order chi connectivity index (χ0) is 13.0. The van der Waals surface area contributed by atoms with Crippen molar-refractivity contribution in [2.24, 2.45) is 11.7 Å². The Morgan fingerprint density at radius 3 is 2.61 bits per heavy atom. The van der Waals surface area contributed by atoms with Crippen LogP contribution in [0.5, 0.6) is 0 Å². The fourth-order valence-electron chi connectivity index (χ4n) is 2.32. The summed E-state index contributed by atoms with van der Waals surface area (Å²) in [4.78, 5) is 4.68. The highest BCUT2D eigenvalue weighted by atomic mass is 32.1. The van der Waals surface area contributed by atoms with E-state index in [1.807, 2.05) is 12.1 Å². The van der Waals surface area contributed by atoms with Crippen LogP contribution >= 0.6 is 12.2 Å². The van der Waals surface area contributed by atoms with Crippen molar-refractivity contribution in [3.63, 3.8) is 0 Å². The third-order valence-corrected chi connectivity index (χ3v) is 3.74. The van der Waals surface area contributed by atoms with Gasteiger partial charge in [0.05, 0.1) is 0 Å². The number of rotatable bonds is 4. The zero-order valence-electron chi connectivity index (χ0n) is 10.3. The van der Waals surface area contributed by atoms with Gasteiger partial charge in [-0.3, -0.25) is 0 Å². The van der Waals surface area contributed by atoms with Crippen molar-refractivity contribution < 1.29 is 5.11 Å². The van der Waals surface area contributed by atoms with Gasteiger partial charge in [0.25, 0.3) is 0 Å². The van der Waals surface area contributed by atoms with Gasteiger partial charge in [0.2, 0.25) is 0 Å². The van der Waals surface area contributed by atoms with Gasteiger partial charge in [0, 0.05) is 24.4 Å². The van der Waals surface area contributed by atoms with Crippen molar-refractivity contribution >= 4 is 23.0 Å². The molecule has 0 amide bonds. The summed E-state index contributed by atoms with van der Waals surface area (Å²) in [5.41, 5.74) is 6.32. The van der Waals surface area contributed by atoms with Gasteiger partial charge in [-0.2, -0.15) is 0 Å². The molecule has 1 aliphatic rings. The maximum absolute atomic E-state index is 9.09. The number of anilines is 1. The molecular formula is C13H19N3OS. The van der Waals surface area contributed by atoms with Crippen molar-refractivity contribution in [3.05, 3.63) is 23.9 Å². The van der Waals surface area contributed by atoms with E-state index in [2.05, 4.69) is 10.3 Å². The van der Waals surface area contributed by atoms with Crippen LogP contribution in [0.3, 0.4) is 0 Å². The summed E-state index contributed by atoms with van der Waals surface area (Å²) in [6.07, 6.45) is 6.04. The minimum Gasteiger partial charge on any atom is -0.396 e. The first kappa shape index (κ1) is 13.2. The SMILES string of the molecule is NC(=S)c1ccc(NC2CCC(CO)CC2)nc1. The molecule has 0 bridgehead atoms. The van der Waals surface area contributed by atoms with Gasteiger partial charge in [-0.25, -0.2) is 4.98 Å². The summed E-state index contributed by atoms with van der Waals surface area (Å²) in [6, 6.07) is 4.25. The van der Waals surface area contributed by atoms with Gasteiger partial charge in [0.1, 0.15) is 10.8 Å². The molecule has 98 valence electrons. The Kier molecular flexibility index (Phi) is 4.49. The molecule has 18 heavy (non-hydrogen) atoms. The van der Waals surface area contributed by atoms with E-state index in [0.717, 1.165) is 37.1 Å². The minimum atomic E-state index is 0.313. The van der Waals surface area contributed by atoms with Crippen LogP contribution in [0.15, 0.2) is 18.3 Å². The first-order chi connectivity index (χ1) is 8.69. The lowest BCUT2D eigenvalue weighted by Gasteiger charge is -2.28. The topological polar surface area (TPSA) is 71.2 Å². The first-order valence-electron chi connectivity index (χ1n) is 6.32. The van der Waals surface area contributed by atoms with E-state index < -0.39 is 0 Å². The van der Waals surface area contributed by atoms with E-state index >= 15 is 0 Å². The molecule has 1 saturated carbocycles. The predicted molar refractivity (Wildman–Crippen MR) is 76.6 cm³/mol. The Morgan fingerprint density at radius 1 is 1.39 bits per heavy atom. The number of aromatic nitrogens is 1. The second-order valence-electron chi connectivity index (χ2n) is 4.84. The van der Waals surface area contributed by atoms with Crippen LogP contribution < -0.4 is 11.1 Å². The molecule has 5 heteroatoms. The summed E-state index contributed by atoms with van der Waals surface area (Å²) >= 11 is 4.89. The van der Waals surface area contributed by atoms with Crippen molar-refractivity contribution in [2.75, 3.05) is 11.9 Å². The van der Waals surface area contributed by atoms with Gasteiger partial charge in [-0.05, 0) is 43.7 Å². The van der Waals surface area contributed by atoms with E-state index in [9.17, 15) is 0 Å². The molecular weight excluding hydrogens is 246 g/mol. The molecule has 4 N–H and O–H groups in total. The number of nitrogens with two attached hydrogens (primary N) is 1. The Bertz CT molecular complexity index is 399. The van der Waals surface area contributed by atoms with Crippen LogP contribution in [0.2, 0.25) is 0 Å². The quantitative estimate of drug-likeness (QED) is 0.723. The molecule has 1 aliphatic carbocycles. The Morgan fingerprint density at radius 2 is 2.11 bits per heavy atom. The number of nitrogens with one attached hydrogen (secondary N) is 1. The molecule has 1 fully saturated rings. The molecule has 2 rings (SSSR count). The molecule has 4 nitrogen and oxygen atoms in total. The van der Waals surface area contributed by atoms with Crippen LogP contribution in [0, 0.1) is 5.92 Å². The molecule has 0 spiro atoms. The summed E-state index contributed by atoms with van der Waals surface area (Å²) in [7, 11) is 0. The predicted octanol–water partition coefficient (Wildman–Crippen LogP) is 1.68. The van der Waals surface area contributed by atoms with Crippen molar-refractivity contribution in [1.82, 2.24) is 4.98 Å². The number of aliphatic hydroxyl groups excluding tert-OH is 1. The highest BCUT2D eigenvalue weighted by Crippen LogP contribution is 2.25. The van der Waals surface area contributed by atoms with E-state index in [-0.39, 0.29) is 0 Å². The summed E-state index contributed by atoms with van der Waals surface area (Å²) < 4.78 is 0. The molecule has 0 atom stereocenters. The Labute approximate surface area is 113 Å². The van der Waals surface area contributed by atoms with Crippen LogP contribution in [0.4, 0.5) is 5.82 Å². The van der Waals surface area contributed by atoms with Gasteiger partial charge in [-0.1, -0.05) is 12.2 Å². The molecule has 0 saturated heterocycles. The van der Waals surface area contributed by atoms with E-state index in [0.29, 0.717) is 23.6 Å². The third kappa shape index (κ3) is 3.40. The Balaban J connectivity index is 1.88. The van der Waals surface area contributed by atoms with Gasteiger partial charge >= 0.3 is 0 Å². The van der Waals surface area contributed by atoms with Crippen LogP contribution in [-0.2, 0) is 0 Å². The first-order valence-corrected chi connectivity index (χ1v) is 6.73. The van der Waals surface area contributed by atoms with Crippen molar-refractivity contribution in [2.45, 2.75) is 31.7 Å². The normalized spacial score (nSPS) is 23.6. The maximum atomic E-state index is 9.09. The number of nitrogens with zero attached hydrogens (tertiary/aromatic N) is 1. The summed E-state index contributed by atoms with van der Waals surface area (Å²) in [5, 5.41) is 12.5. The molecule has 0 radical (unpaired) electrons. The van der Waals surface area contributed by atoms with Crippen molar-refractivity contribution in [1.29, 1.82) is 0 Å². The van der Waals surface area contributed by atoms with Crippen LogP contribution in [0.25, 0.3) is 0 Å². The van der Waals surface area contributed by atoms with E-state index in [4.69, 9.17) is 23.1 Å². The van der Waals surface area contributed by atoms with E-state index in [1.165, 1.54) is 0 Å². The average Bonchev–Trinajstić information content (AvgIpc) is 2.40. The number of aliphatic hydroxyl groups is 1. The number of hydrogen-bond acceptors (Lipinski definition) is 4. The lowest BCUT2D eigenvalue weighted by atomic mass is 9.86. The highest BCUT2D eigenvalue weighted by molar-refractivity contribution is 7.80. The maximum Gasteiger partial charge on any atom is 0.126 e. The van der Waals surface area contributed by atoms with Gasteiger partial charge < -0.3 is 16.2 Å². The van der Waals surface area contributed by atoms with Gasteiger partial charge in [-0.15, -0.1) is 0 Å². The minimum absolute atomic E-state index is 0.313. The largest absolute Gasteiger partial charge is 0.396 e. The molecule has 1 aromatic heterocycles. The number of pyridine rings is 1.